The number of benzene rings is 1. The van der Waals surface area contributed by atoms with Crippen LogP contribution in [0, 0.1) is 18.7 Å². The van der Waals surface area contributed by atoms with E-state index in [9.17, 15) is 14.0 Å². The van der Waals surface area contributed by atoms with Crippen molar-refractivity contribution in [2.24, 2.45) is 5.92 Å². The minimum absolute atomic E-state index is 0.000456. The Morgan fingerprint density at radius 1 is 1.32 bits per heavy atom. The van der Waals surface area contributed by atoms with Crippen molar-refractivity contribution in [1.29, 1.82) is 0 Å². The Bertz CT molecular complexity index is 818. The van der Waals surface area contributed by atoms with Gasteiger partial charge in [-0.25, -0.2) is 9.37 Å². The fourth-order valence-electron chi connectivity index (χ4n) is 3.33. The Kier molecular flexibility index (Phi) is 4.99. The highest BCUT2D eigenvalue weighted by atomic mass is 32.1. The number of halogens is 1. The summed E-state index contributed by atoms with van der Waals surface area (Å²) in [5, 5.41) is 0.743. The average molecular weight is 360 g/mol. The van der Waals surface area contributed by atoms with Gasteiger partial charge in [0.2, 0.25) is 0 Å². The van der Waals surface area contributed by atoms with E-state index in [4.69, 9.17) is 0 Å². The minimum Gasteiger partial charge on any atom is -0.327 e. The van der Waals surface area contributed by atoms with Crippen molar-refractivity contribution in [2.45, 2.75) is 39.7 Å². The quantitative estimate of drug-likeness (QED) is 0.828. The van der Waals surface area contributed by atoms with Gasteiger partial charge in [0.15, 0.2) is 5.78 Å². The molecule has 0 aliphatic carbocycles. The summed E-state index contributed by atoms with van der Waals surface area (Å²) in [6, 6.07) is 5.77. The molecule has 0 saturated carbocycles. The summed E-state index contributed by atoms with van der Waals surface area (Å²) in [4.78, 5) is 31.9. The summed E-state index contributed by atoms with van der Waals surface area (Å²) in [5.41, 5.74) is 0.951. The van der Waals surface area contributed by atoms with Gasteiger partial charge in [-0.3, -0.25) is 9.59 Å². The zero-order valence-electron chi connectivity index (χ0n) is 14.6. The third-order valence-electron chi connectivity index (χ3n) is 4.57. The van der Waals surface area contributed by atoms with Gasteiger partial charge in [0, 0.05) is 6.54 Å². The van der Waals surface area contributed by atoms with Gasteiger partial charge in [-0.15, -0.1) is 11.3 Å². The molecule has 1 aromatic heterocycles. The lowest BCUT2D eigenvalue weighted by Gasteiger charge is -2.37. The molecule has 0 N–H and O–H groups in total. The molecule has 0 bridgehead atoms. The van der Waals surface area contributed by atoms with Gasteiger partial charge in [0.1, 0.15) is 11.5 Å². The second-order valence-corrected chi connectivity index (χ2v) is 7.89. The number of carbonyl (C=O) groups excluding carboxylic acids is 2. The van der Waals surface area contributed by atoms with Crippen LogP contribution in [0.4, 0.5) is 4.39 Å². The Hall–Kier alpha value is -2.08. The smallest absolute Gasteiger partial charge is 0.274 e. The first kappa shape index (κ1) is 17.7. The van der Waals surface area contributed by atoms with Crippen LogP contribution in [0.5, 0.6) is 0 Å². The lowest BCUT2D eigenvalue weighted by Crippen LogP contribution is -2.49. The molecule has 2 heterocycles. The molecule has 1 aromatic carbocycles. The fourth-order valence-corrected chi connectivity index (χ4v) is 4.24. The third-order valence-corrected chi connectivity index (χ3v) is 5.59. The van der Waals surface area contributed by atoms with Gasteiger partial charge < -0.3 is 4.90 Å². The van der Waals surface area contributed by atoms with Crippen LogP contribution < -0.4 is 0 Å². The molecule has 1 saturated heterocycles. The lowest BCUT2D eigenvalue weighted by atomic mass is 9.92. The highest BCUT2D eigenvalue weighted by Gasteiger charge is 2.35. The van der Waals surface area contributed by atoms with E-state index >= 15 is 0 Å². The zero-order valence-corrected chi connectivity index (χ0v) is 15.4. The van der Waals surface area contributed by atoms with E-state index in [-0.39, 0.29) is 17.5 Å². The standard InChI is InChI=1S/C19H21FN2O2S/c1-11-7-8-16(12(2)23)22(10-11)19(24)17-18(25-13(3)21-17)14-5-4-6-15(20)9-14/h4-6,9,11,16H,7-8,10H2,1-3H3. The van der Waals surface area contributed by atoms with Crippen molar-refractivity contribution >= 4 is 23.0 Å². The van der Waals surface area contributed by atoms with E-state index in [1.165, 1.54) is 30.4 Å². The highest BCUT2D eigenvalue weighted by Crippen LogP contribution is 2.33. The number of hydrogen-bond acceptors (Lipinski definition) is 4. The number of ketones is 1. The molecule has 0 spiro atoms. The number of piperidine rings is 1. The predicted molar refractivity (Wildman–Crippen MR) is 96.1 cm³/mol. The third kappa shape index (κ3) is 3.63. The summed E-state index contributed by atoms with van der Waals surface area (Å²) in [5.74, 6) is -0.248. The Balaban J connectivity index is 2.01. The number of aromatic nitrogens is 1. The van der Waals surface area contributed by atoms with E-state index in [2.05, 4.69) is 11.9 Å². The monoisotopic (exact) mass is 360 g/mol. The molecule has 2 unspecified atom stereocenters. The first-order chi connectivity index (χ1) is 11.9. The first-order valence-electron chi connectivity index (χ1n) is 8.41. The van der Waals surface area contributed by atoms with E-state index < -0.39 is 6.04 Å². The zero-order chi connectivity index (χ0) is 18.1. The highest BCUT2D eigenvalue weighted by molar-refractivity contribution is 7.15. The normalized spacial score (nSPS) is 20.6. The maximum absolute atomic E-state index is 13.6. The van der Waals surface area contributed by atoms with Crippen molar-refractivity contribution in [3.05, 3.63) is 40.8 Å². The number of carbonyl (C=O) groups is 2. The van der Waals surface area contributed by atoms with Crippen LogP contribution in [0.3, 0.4) is 0 Å². The summed E-state index contributed by atoms with van der Waals surface area (Å²) >= 11 is 1.37. The molecule has 1 aliphatic heterocycles. The van der Waals surface area contributed by atoms with Gasteiger partial charge in [0.25, 0.3) is 5.91 Å². The van der Waals surface area contributed by atoms with Crippen molar-refractivity contribution in [1.82, 2.24) is 9.88 Å². The van der Waals surface area contributed by atoms with Crippen LogP contribution in [0.2, 0.25) is 0 Å². The molecule has 1 fully saturated rings. The average Bonchev–Trinajstić information content (AvgIpc) is 2.95. The Labute approximate surface area is 150 Å². The molecule has 4 nitrogen and oxygen atoms in total. The molecule has 1 aliphatic rings. The Morgan fingerprint density at radius 2 is 2.08 bits per heavy atom. The number of aryl methyl sites for hydroxylation is 1. The van der Waals surface area contributed by atoms with E-state index in [1.807, 2.05) is 6.92 Å². The van der Waals surface area contributed by atoms with E-state index in [1.54, 1.807) is 17.0 Å². The number of Topliss-reactive ketones (excluding diaryl/α,β-unsaturated/α-hetero) is 1. The maximum atomic E-state index is 13.6. The molecule has 0 radical (unpaired) electrons. The topological polar surface area (TPSA) is 50.3 Å². The summed E-state index contributed by atoms with van der Waals surface area (Å²) < 4.78 is 13.6. The van der Waals surface area contributed by atoms with Crippen LogP contribution in [-0.2, 0) is 4.79 Å². The predicted octanol–water partition coefficient (Wildman–Crippen LogP) is 4.09. The molecule has 2 aromatic rings. The molecule has 25 heavy (non-hydrogen) atoms. The van der Waals surface area contributed by atoms with Gasteiger partial charge in [-0.1, -0.05) is 19.1 Å². The van der Waals surface area contributed by atoms with E-state index in [0.717, 1.165) is 11.4 Å². The summed E-state index contributed by atoms with van der Waals surface area (Å²) in [6.45, 7) is 5.98. The number of rotatable bonds is 3. The molecular weight excluding hydrogens is 339 g/mol. The van der Waals surface area contributed by atoms with Crippen LogP contribution >= 0.6 is 11.3 Å². The van der Waals surface area contributed by atoms with Crippen molar-refractivity contribution in [3.8, 4) is 10.4 Å². The largest absolute Gasteiger partial charge is 0.327 e. The Morgan fingerprint density at radius 3 is 2.76 bits per heavy atom. The summed E-state index contributed by atoms with van der Waals surface area (Å²) in [7, 11) is 0. The van der Waals surface area contributed by atoms with E-state index in [0.29, 0.717) is 35.0 Å². The van der Waals surface area contributed by atoms with Gasteiger partial charge in [0.05, 0.1) is 15.9 Å². The van der Waals surface area contributed by atoms with Crippen LogP contribution in [0.15, 0.2) is 24.3 Å². The van der Waals surface area contributed by atoms with Crippen LogP contribution in [0.1, 0.15) is 42.2 Å². The van der Waals surface area contributed by atoms with Crippen molar-refractivity contribution < 1.29 is 14.0 Å². The van der Waals surface area contributed by atoms with Gasteiger partial charge in [-0.2, -0.15) is 0 Å². The minimum atomic E-state index is -0.397. The number of thiazole rings is 1. The number of hydrogen-bond donors (Lipinski definition) is 0. The van der Waals surface area contributed by atoms with Crippen molar-refractivity contribution in [2.75, 3.05) is 6.54 Å². The summed E-state index contributed by atoms with van der Waals surface area (Å²) in [6.07, 6.45) is 1.61. The first-order valence-corrected chi connectivity index (χ1v) is 9.23. The molecule has 3 rings (SSSR count). The fraction of sp³-hybridized carbons (Fsp3) is 0.421. The number of nitrogens with zero attached hydrogens (tertiary/aromatic N) is 2. The lowest BCUT2D eigenvalue weighted by molar-refractivity contribution is -0.122. The molecule has 132 valence electrons. The van der Waals surface area contributed by atoms with Crippen LogP contribution in [-0.4, -0.2) is 34.2 Å². The second kappa shape index (κ2) is 7.04. The molecule has 2 atom stereocenters. The van der Waals surface area contributed by atoms with Crippen molar-refractivity contribution in [3.63, 3.8) is 0 Å². The van der Waals surface area contributed by atoms with Gasteiger partial charge >= 0.3 is 0 Å². The number of likely N-dealkylation sites (tertiary alicyclic amines) is 1. The van der Waals surface area contributed by atoms with Gasteiger partial charge in [-0.05, 0) is 50.3 Å². The maximum Gasteiger partial charge on any atom is 0.274 e. The SMILES string of the molecule is CC(=O)C1CCC(C)CN1C(=O)c1nc(C)sc1-c1cccc(F)c1. The molecular formula is C19H21FN2O2S. The van der Waals surface area contributed by atoms with Crippen LogP contribution in [0.25, 0.3) is 10.4 Å². The molecule has 6 heteroatoms. The molecule has 1 amide bonds. The number of amides is 1. The second-order valence-electron chi connectivity index (χ2n) is 6.69.